The van der Waals surface area contributed by atoms with Gasteiger partial charge in [0.25, 0.3) is 5.91 Å². The van der Waals surface area contributed by atoms with Crippen LogP contribution in [0.5, 0.6) is 5.88 Å². The molecule has 3 aromatic heterocycles. The van der Waals surface area contributed by atoms with Crippen molar-refractivity contribution in [1.29, 1.82) is 0 Å². The summed E-state index contributed by atoms with van der Waals surface area (Å²) in [5.74, 6) is 1.60. The Bertz CT molecular complexity index is 1110. The second-order valence-electron chi connectivity index (χ2n) is 8.87. The van der Waals surface area contributed by atoms with Crippen molar-refractivity contribution in [3.05, 3.63) is 63.0 Å². The van der Waals surface area contributed by atoms with Gasteiger partial charge in [0.1, 0.15) is 18.5 Å². The van der Waals surface area contributed by atoms with Crippen LogP contribution < -0.4 is 4.74 Å². The zero-order chi connectivity index (χ0) is 23.5. The van der Waals surface area contributed by atoms with Crippen molar-refractivity contribution < 1.29 is 14.3 Å². The summed E-state index contributed by atoms with van der Waals surface area (Å²) in [7, 11) is 0. The van der Waals surface area contributed by atoms with Crippen molar-refractivity contribution in [1.82, 2.24) is 19.4 Å². The first-order chi connectivity index (χ1) is 15.8. The van der Waals surface area contributed by atoms with Gasteiger partial charge in [-0.05, 0) is 38.3 Å². The van der Waals surface area contributed by atoms with Crippen molar-refractivity contribution in [3.8, 4) is 5.88 Å². The van der Waals surface area contributed by atoms with Crippen LogP contribution in [0.25, 0.3) is 0 Å². The van der Waals surface area contributed by atoms with Gasteiger partial charge in [0.15, 0.2) is 0 Å². The minimum absolute atomic E-state index is 0.0498. The number of nitrogens with zero attached hydrogens (tertiary/aromatic N) is 4. The quantitative estimate of drug-likeness (QED) is 0.515. The van der Waals surface area contributed by atoms with E-state index < -0.39 is 0 Å². The third kappa shape index (κ3) is 5.45. The molecule has 0 aromatic carbocycles. The van der Waals surface area contributed by atoms with Crippen LogP contribution in [0.15, 0.2) is 29.6 Å². The van der Waals surface area contributed by atoms with Crippen LogP contribution in [-0.4, -0.2) is 57.7 Å². The number of morpholine rings is 1. The van der Waals surface area contributed by atoms with Crippen LogP contribution in [0.1, 0.15) is 57.9 Å². The van der Waals surface area contributed by atoms with Crippen molar-refractivity contribution in [3.63, 3.8) is 0 Å². The SMILES string of the molecule is Cc1cc(OCC2CN(C(=O)c3cc(C)n(Cc4cccs4)c3C)CCO2)nc(C(C)C)n1. The van der Waals surface area contributed by atoms with E-state index in [-0.39, 0.29) is 17.9 Å². The molecule has 8 heteroatoms. The Labute approximate surface area is 199 Å². The van der Waals surface area contributed by atoms with Crippen molar-refractivity contribution >= 4 is 17.2 Å². The van der Waals surface area contributed by atoms with Crippen LogP contribution in [0, 0.1) is 20.8 Å². The van der Waals surface area contributed by atoms with E-state index in [0.717, 1.165) is 35.0 Å². The molecule has 7 nitrogen and oxygen atoms in total. The van der Waals surface area contributed by atoms with Crippen LogP contribution in [0.4, 0.5) is 0 Å². The number of thiophene rings is 1. The number of aryl methyl sites for hydroxylation is 2. The lowest BCUT2D eigenvalue weighted by atomic mass is 10.2. The number of hydrogen-bond donors (Lipinski definition) is 0. The van der Waals surface area contributed by atoms with Gasteiger partial charge in [-0.1, -0.05) is 19.9 Å². The maximum atomic E-state index is 13.4. The fraction of sp³-hybridized carbons (Fsp3) is 0.480. The summed E-state index contributed by atoms with van der Waals surface area (Å²) in [6.07, 6.45) is -0.199. The molecule has 0 spiro atoms. The summed E-state index contributed by atoms with van der Waals surface area (Å²) in [5, 5.41) is 2.08. The Balaban J connectivity index is 1.41. The molecule has 1 amide bonds. The molecule has 0 N–H and O–H groups in total. The molecule has 4 rings (SSSR count). The highest BCUT2D eigenvalue weighted by Crippen LogP contribution is 2.22. The molecule has 4 heterocycles. The van der Waals surface area contributed by atoms with Crippen LogP contribution >= 0.6 is 11.3 Å². The maximum absolute atomic E-state index is 13.4. The van der Waals surface area contributed by atoms with Crippen LogP contribution in [0.2, 0.25) is 0 Å². The third-order valence-corrected chi connectivity index (χ3v) is 6.77. The van der Waals surface area contributed by atoms with Crippen LogP contribution in [0.3, 0.4) is 0 Å². The third-order valence-electron chi connectivity index (χ3n) is 5.91. The van der Waals surface area contributed by atoms with E-state index in [4.69, 9.17) is 9.47 Å². The molecule has 0 aliphatic carbocycles. The van der Waals surface area contributed by atoms with Gasteiger partial charge in [0.05, 0.1) is 25.3 Å². The molecule has 1 fully saturated rings. The molecule has 176 valence electrons. The fourth-order valence-corrected chi connectivity index (χ4v) is 4.76. The molecular formula is C25H32N4O3S. The summed E-state index contributed by atoms with van der Waals surface area (Å²) in [5.41, 5.74) is 3.74. The van der Waals surface area contributed by atoms with Crippen LogP contribution in [-0.2, 0) is 11.3 Å². The van der Waals surface area contributed by atoms with Crippen molar-refractivity contribution in [2.75, 3.05) is 26.3 Å². The average Bonchev–Trinajstić information content (AvgIpc) is 3.41. The highest BCUT2D eigenvalue weighted by atomic mass is 32.1. The summed E-state index contributed by atoms with van der Waals surface area (Å²) in [6, 6.07) is 8.02. The normalized spacial score (nSPS) is 16.4. The van der Waals surface area contributed by atoms with Gasteiger partial charge in [-0.3, -0.25) is 4.79 Å². The fourth-order valence-electron chi connectivity index (χ4n) is 4.07. The minimum Gasteiger partial charge on any atom is -0.475 e. The largest absolute Gasteiger partial charge is 0.475 e. The van der Waals surface area contributed by atoms with E-state index in [1.165, 1.54) is 4.88 Å². The lowest BCUT2D eigenvalue weighted by molar-refractivity contribution is -0.0407. The Kier molecular flexibility index (Phi) is 7.14. The molecule has 1 aliphatic rings. The summed E-state index contributed by atoms with van der Waals surface area (Å²) < 4.78 is 14.0. The molecule has 3 aromatic rings. The van der Waals surface area contributed by atoms with Gasteiger partial charge in [-0.25, -0.2) is 4.98 Å². The number of aromatic nitrogens is 3. The standard InChI is InChI=1S/C25H32N4O3S/c1-16(2)24-26-17(3)11-23(27-24)32-15-20-13-28(8-9-31-20)25(30)22-12-18(4)29(19(22)5)14-21-7-6-10-33-21/h6-7,10-12,16,20H,8-9,13-15H2,1-5H3. The molecule has 0 radical (unpaired) electrons. The first-order valence-electron chi connectivity index (χ1n) is 11.4. The zero-order valence-corrected chi connectivity index (χ0v) is 20.8. The Hall–Kier alpha value is -2.71. The lowest BCUT2D eigenvalue weighted by Gasteiger charge is -2.32. The predicted octanol–water partition coefficient (Wildman–Crippen LogP) is 4.36. The molecule has 0 saturated carbocycles. The lowest BCUT2D eigenvalue weighted by Crippen LogP contribution is -2.47. The van der Waals surface area contributed by atoms with Gasteiger partial charge in [-0.15, -0.1) is 11.3 Å². The topological polar surface area (TPSA) is 69.5 Å². The van der Waals surface area contributed by atoms with E-state index in [0.29, 0.717) is 32.2 Å². The number of carbonyl (C=O) groups is 1. The molecular weight excluding hydrogens is 436 g/mol. The predicted molar refractivity (Wildman–Crippen MR) is 129 cm³/mol. The van der Waals surface area contributed by atoms with Gasteiger partial charge >= 0.3 is 0 Å². The molecule has 33 heavy (non-hydrogen) atoms. The molecule has 0 bridgehead atoms. The summed E-state index contributed by atoms with van der Waals surface area (Å²) >= 11 is 1.73. The highest BCUT2D eigenvalue weighted by Gasteiger charge is 2.28. The summed E-state index contributed by atoms with van der Waals surface area (Å²) in [6.45, 7) is 12.8. The number of carbonyl (C=O) groups excluding carboxylic acids is 1. The monoisotopic (exact) mass is 468 g/mol. The molecule has 1 saturated heterocycles. The first-order valence-corrected chi connectivity index (χ1v) is 12.3. The maximum Gasteiger partial charge on any atom is 0.255 e. The Morgan fingerprint density at radius 2 is 2.09 bits per heavy atom. The Morgan fingerprint density at radius 1 is 1.27 bits per heavy atom. The second kappa shape index (κ2) is 10.1. The summed E-state index contributed by atoms with van der Waals surface area (Å²) in [4.78, 5) is 25.5. The van der Waals surface area contributed by atoms with E-state index in [9.17, 15) is 4.79 Å². The van der Waals surface area contributed by atoms with Gasteiger partial charge in [0, 0.05) is 40.5 Å². The van der Waals surface area contributed by atoms with Gasteiger partial charge < -0.3 is 18.9 Å². The van der Waals surface area contributed by atoms with E-state index in [1.807, 2.05) is 30.9 Å². The van der Waals surface area contributed by atoms with E-state index in [2.05, 4.69) is 52.8 Å². The van der Waals surface area contributed by atoms with Crippen molar-refractivity contribution in [2.45, 2.75) is 53.2 Å². The number of amides is 1. The number of hydrogen-bond acceptors (Lipinski definition) is 6. The van der Waals surface area contributed by atoms with Crippen molar-refractivity contribution in [2.24, 2.45) is 0 Å². The molecule has 1 unspecified atom stereocenters. The van der Waals surface area contributed by atoms with Gasteiger partial charge in [-0.2, -0.15) is 4.98 Å². The first kappa shape index (κ1) is 23.4. The number of ether oxygens (including phenoxy) is 2. The second-order valence-corrected chi connectivity index (χ2v) is 9.90. The Morgan fingerprint density at radius 3 is 2.82 bits per heavy atom. The molecule has 1 aliphatic heterocycles. The smallest absolute Gasteiger partial charge is 0.255 e. The zero-order valence-electron chi connectivity index (χ0n) is 20.0. The molecule has 1 atom stereocenters. The van der Waals surface area contributed by atoms with E-state index in [1.54, 1.807) is 11.3 Å². The highest BCUT2D eigenvalue weighted by molar-refractivity contribution is 7.09. The average molecular weight is 469 g/mol. The van der Waals surface area contributed by atoms with Gasteiger partial charge in [0.2, 0.25) is 5.88 Å². The number of rotatable bonds is 7. The van der Waals surface area contributed by atoms with E-state index >= 15 is 0 Å². The minimum atomic E-state index is -0.199.